The highest BCUT2D eigenvalue weighted by atomic mass is 32.2. The van der Waals surface area contributed by atoms with Crippen LogP contribution in [-0.4, -0.2) is 5.91 Å². The van der Waals surface area contributed by atoms with Crippen LogP contribution in [0.5, 0.6) is 11.5 Å². The first-order valence-electron chi connectivity index (χ1n) is 8.89. The number of nitrogen functional groups attached to an aromatic ring is 1. The van der Waals surface area contributed by atoms with Crippen LogP contribution >= 0.6 is 11.8 Å². The van der Waals surface area contributed by atoms with Gasteiger partial charge in [0.2, 0.25) is 0 Å². The minimum absolute atomic E-state index is 0.101. The number of nitrogens with one attached hydrogen (secondary N) is 1. The number of anilines is 1. The zero-order valence-electron chi connectivity index (χ0n) is 15.3. The van der Waals surface area contributed by atoms with Gasteiger partial charge in [-0.1, -0.05) is 55.9 Å². The quantitative estimate of drug-likeness (QED) is 0.581. The first-order valence-corrected chi connectivity index (χ1v) is 9.77. The van der Waals surface area contributed by atoms with Crippen LogP contribution in [-0.2, 0) is 0 Å². The molecule has 1 unspecified atom stereocenters. The Labute approximate surface area is 163 Å². The third-order valence-corrected chi connectivity index (χ3v) is 5.15. The first kappa shape index (κ1) is 18.9. The summed E-state index contributed by atoms with van der Waals surface area (Å²) >= 11 is 1.60. The Bertz CT molecular complexity index is 911. The molecule has 0 fully saturated rings. The molecule has 3 aromatic rings. The number of carbonyl (C=O) groups is 1. The summed E-state index contributed by atoms with van der Waals surface area (Å²) in [6, 6.07) is 22.8. The molecule has 0 saturated heterocycles. The number of benzene rings is 3. The second kappa shape index (κ2) is 8.64. The van der Waals surface area contributed by atoms with Gasteiger partial charge in [0.15, 0.2) is 0 Å². The van der Waals surface area contributed by atoms with Crippen LogP contribution in [0.1, 0.15) is 35.1 Å². The van der Waals surface area contributed by atoms with E-state index in [1.807, 2.05) is 80.6 Å². The summed E-state index contributed by atoms with van der Waals surface area (Å²) in [5, 5.41) is 2.88. The molecule has 1 aliphatic heterocycles. The Morgan fingerprint density at radius 2 is 1.59 bits per heavy atom. The standard InChI is InChI=1S/C20H16N2O2S.C2H6/c21-14-8-11-18-17(12-14)19(23)22-20(25-18)13-6-9-16(10-7-13)24-15-4-2-1-3-5-15;1-2/h1-12,20H,21H2,(H,22,23);1-2H3. The van der Waals surface area contributed by atoms with E-state index in [9.17, 15) is 4.79 Å². The number of ether oxygens (including phenoxy) is 1. The number of fused-ring (bicyclic) bond motifs is 1. The first-order chi connectivity index (χ1) is 13.2. The highest BCUT2D eigenvalue weighted by Gasteiger charge is 2.26. The van der Waals surface area contributed by atoms with Crippen molar-refractivity contribution in [2.75, 3.05) is 5.73 Å². The number of hydrogen-bond acceptors (Lipinski definition) is 4. The number of hydrogen-bond donors (Lipinski definition) is 2. The summed E-state index contributed by atoms with van der Waals surface area (Å²) in [7, 11) is 0. The Hall–Kier alpha value is -2.92. The molecule has 3 N–H and O–H groups in total. The molecule has 1 aliphatic rings. The summed E-state index contributed by atoms with van der Waals surface area (Å²) in [6.45, 7) is 4.00. The predicted molar refractivity (Wildman–Crippen MR) is 111 cm³/mol. The topological polar surface area (TPSA) is 64.4 Å². The van der Waals surface area contributed by atoms with Crippen molar-refractivity contribution in [2.24, 2.45) is 0 Å². The SMILES string of the molecule is CC.Nc1ccc2c(c1)C(=O)NC(c1ccc(Oc3ccccc3)cc1)S2. The van der Waals surface area contributed by atoms with E-state index in [-0.39, 0.29) is 11.3 Å². The van der Waals surface area contributed by atoms with Gasteiger partial charge in [-0.2, -0.15) is 0 Å². The van der Waals surface area contributed by atoms with Gasteiger partial charge in [0, 0.05) is 10.6 Å². The van der Waals surface area contributed by atoms with Crippen LogP contribution in [0.4, 0.5) is 5.69 Å². The van der Waals surface area contributed by atoms with Gasteiger partial charge in [-0.05, 0) is 48.0 Å². The van der Waals surface area contributed by atoms with Crippen molar-refractivity contribution in [3.8, 4) is 11.5 Å². The summed E-state index contributed by atoms with van der Waals surface area (Å²) < 4.78 is 5.80. The molecular formula is C22H22N2O2S. The van der Waals surface area contributed by atoms with Crippen LogP contribution in [0.15, 0.2) is 77.7 Å². The molecule has 27 heavy (non-hydrogen) atoms. The molecule has 1 amide bonds. The van der Waals surface area contributed by atoms with E-state index in [0.717, 1.165) is 22.0 Å². The molecule has 5 heteroatoms. The van der Waals surface area contributed by atoms with E-state index >= 15 is 0 Å². The van der Waals surface area contributed by atoms with Gasteiger partial charge in [-0.3, -0.25) is 4.79 Å². The number of nitrogens with two attached hydrogens (primary N) is 1. The maximum atomic E-state index is 12.3. The van der Waals surface area contributed by atoms with Gasteiger partial charge < -0.3 is 15.8 Å². The predicted octanol–water partition coefficient (Wildman–Crippen LogP) is 5.62. The average molecular weight is 378 g/mol. The van der Waals surface area contributed by atoms with Crippen molar-refractivity contribution in [1.29, 1.82) is 0 Å². The minimum Gasteiger partial charge on any atom is -0.457 e. The van der Waals surface area contributed by atoms with Gasteiger partial charge in [0.25, 0.3) is 5.91 Å². The number of thioether (sulfide) groups is 1. The monoisotopic (exact) mass is 378 g/mol. The number of carbonyl (C=O) groups excluding carboxylic acids is 1. The fourth-order valence-corrected chi connectivity index (χ4v) is 3.81. The van der Waals surface area contributed by atoms with E-state index < -0.39 is 0 Å². The van der Waals surface area contributed by atoms with Crippen molar-refractivity contribution in [3.05, 3.63) is 83.9 Å². The van der Waals surface area contributed by atoms with E-state index in [0.29, 0.717) is 11.3 Å². The molecule has 0 bridgehead atoms. The zero-order chi connectivity index (χ0) is 19.2. The molecule has 1 heterocycles. The van der Waals surface area contributed by atoms with Crippen LogP contribution in [0.2, 0.25) is 0 Å². The molecule has 4 rings (SSSR count). The van der Waals surface area contributed by atoms with Gasteiger partial charge >= 0.3 is 0 Å². The van der Waals surface area contributed by atoms with Crippen LogP contribution in [0, 0.1) is 0 Å². The van der Waals surface area contributed by atoms with Crippen molar-refractivity contribution in [2.45, 2.75) is 24.1 Å². The molecule has 3 aromatic carbocycles. The highest BCUT2D eigenvalue weighted by Crippen LogP contribution is 2.40. The lowest BCUT2D eigenvalue weighted by Crippen LogP contribution is -2.30. The molecule has 4 nitrogen and oxygen atoms in total. The largest absolute Gasteiger partial charge is 0.457 e. The smallest absolute Gasteiger partial charge is 0.253 e. The lowest BCUT2D eigenvalue weighted by Gasteiger charge is -2.25. The summed E-state index contributed by atoms with van der Waals surface area (Å²) in [6.07, 6.45) is 0. The van der Waals surface area contributed by atoms with Crippen molar-refractivity contribution in [1.82, 2.24) is 5.32 Å². The fraction of sp³-hybridized carbons (Fsp3) is 0.136. The number of amides is 1. The maximum absolute atomic E-state index is 12.3. The van der Waals surface area contributed by atoms with E-state index in [1.165, 1.54) is 0 Å². The van der Waals surface area contributed by atoms with Crippen molar-refractivity contribution in [3.63, 3.8) is 0 Å². The Morgan fingerprint density at radius 1 is 0.926 bits per heavy atom. The Balaban J connectivity index is 0.00000102. The number of rotatable bonds is 3. The third-order valence-electron chi connectivity index (χ3n) is 3.92. The number of para-hydroxylation sites is 1. The van der Waals surface area contributed by atoms with Crippen molar-refractivity contribution < 1.29 is 9.53 Å². The van der Waals surface area contributed by atoms with Gasteiger partial charge in [-0.15, -0.1) is 0 Å². The zero-order valence-corrected chi connectivity index (χ0v) is 16.1. The maximum Gasteiger partial charge on any atom is 0.253 e. The molecule has 0 radical (unpaired) electrons. The van der Waals surface area contributed by atoms with Crippen LogP contribution in [0.3, 0.4) is 0 Å². The van der Waals surface area contributed by atoms with Gasteiger partial charge in [0.1, 0.15) is 16.9 Å². The Kier molecular flexibility index (Phi) is 6.04. The second-order valence-electron chi connectivity index (χ2n) is 5.71. The van der Waals surface area contributed by atoms with E-state index in [2.05, 4.69) is 5.32 Å². The van der Waals surface area contributed by atoms with E-state index in [4.69, 9.17) is 10.5 Å². The molecule has 0 aliphatic carbocycles. The molecule has 1 atom stereocenters. The molecule has 0 aromatic heterocycles. The van der Waals surface area contributed by atoms with Gasteiger partial charge in [-0.25, -0.2) is 0 Å². The van der Waals surface area contributed by atoms with Crippen molar-refractivity contribution >= 4 is 23.4 Å². The lowest BCUT2D eigenvalue weighted by atomic mass is 10.1. The summed E-state index contributed by atoms with van der Waals surface area (Å²) in [5.74, 6) is 1.45. The van der Waals surface area contributed by atoms with Crippen LogP contribution in [0.25, 0.3) is 0 Å². The molecule has 138 valence electrons. The summed E-state index contributed by atoms with van der Waals surface area (Å²) in [5.41, 5.74) is 8.00. The average Bonchev–Trinajstić information content (AvgIpc) is 2.71. The molecule has 0 saturated carbocycles. The molecule has 0 spiro atoms. The second-order valence-corrected chi connectivity index (χ2v) is 6.86. The fourth-order valence-electron chi connectivity index (χ4n) is 2.67. The highest BCUT2D eigenvalue weighted by molar-refractivity contribution is 7.99. The summed E-state index contributed by atoms with van der Waals surface area (Å²) in [4.78, 5) is 13.3. The normalized spacial score (nSPS) is 15.0. The minimum atomic E-state index is -0.130. The van der Waals surface area contributed by atoms with Crippen LogP contribution < -0.4 is 15.8 Å². The van der Waals surface area contributed by atoms with Gasteiger partial charge in [0.05, 0.1) is 5.56 Å². The van der Waals surface area contributed by atoms with E-state index in [1.54, 1.807) is 17.8 Å². The Morgan fingerprint density at radius 3 is 2.30 bits per heavy atom. The third kappa shape index (κ3) is 4.44. The molecular weight excluding hydrogens is 356 g/mol. The lowest BCUT2D eigenvalue weighted by molar-refractivity contribution is 0.0943.